The number of aromatic nitrogens is 5. The lowest BCUT2D eigenvalue weighted by molar-refractivity contribution is -0.149. The van der Waals surface area contributed by atoms with E-state index in [0.29, 0.717) is 81.0 Å². The van der Waals surface area contributed by atoms with Gasteiger partial charge in [-0.2, -0.15) is 0 Å². The van der Waals surface area contributed by atoms with Crippen molar-refractivity contribution < 1.29 is 86.6 Å². The number of Topliss-reactive ketones (excluding diaryl/α,β-unsaturated/α-hetero) is 4. The molecule has 13 amide bonds. The SMILES string of the molecule is CCCC[C@@H]1C(=O)N(C)[C@@H](CCCC)C(=O)C[C@@H](CCCNC(=N)N)C(=O)N[C@H](C(=O)NCC(N)=O)CSCC(=O)N[C@@H](Cc2ccccc2)C(=O)N(C)[C@@H](C)C(=O)N[C@@H](CC(N)=O)C(=O)N2CCC[C@H]2C(=O)C[C@@H](Cc2cnc[nH]2)C(=O)C[C@@H](Cc2c[nH]c3ccccc23)C(=O)N(C)CC(=O)N[C@@H](Cc2c[nH]c3ccccc23)C(=O)C[C@@H](CO)C(=O)N[C@@H](Cc2c[nH]c3ccccc23)C(=O)N1C. The molecule has 4 aromatic heterocycles. The van der Waals surface area contributed by atoms with Gasteiger partial charge in [0.25, 0.3) is 0 Å². The van der Waals surface area contributed by atoms with Gasteiger partial charge < -0.3 is 104 Å². The first-order chi connectivity index (χ1) is 66.1. The molecule has 6 heterocycles. The monoisotopic (exact) mass is 1920 g/mol. The normalized spacial score (nSPS) is 23.2. The maximum Gasteiger partial charge on any atom is 0.246 e. The van der Waals surface area contributed by atoms with Crippen LogP contribution in [-0.2, 0) is 114 Å². The summed E-state index contributed by atoms with van der Waals surface area (Å²) in [5.41, 5.74) is 21.7. The first-order valence-electron chi connectivity index (χ1n) is 46.8. The number of nitrogens with zero attached hydrogens (tertiary/aromatic N) is 6. The van der Waals surface area contributed by atoms with Gasteiger partial charge in [0.15, 0.2) is 23.3 Å². The molecule has 40 heteroatoms. The number of carbonyl (C=O) groups is 17. The second-order valence-corrected chi connectivity index (χ2v) is 36.8. The average molecular weight is 1920 g/mol. The van der Waals surface area contributed by atoms with Crippen LogP contribution in [0.2, 0.25) is 0 Å². The molecular formula is C98H129N21O18S. The molecule has 13 atom stereocenters. The number of primary amides is 2. The molecule has 138 heavy (non-hydrogen) atoms. The lowest BCUT2D eigenvalue weighted by atomic mass is 9.84. The van der Waals surface area contributed by atoms with E-state index < -0.39 is 241 Å². The van der Waals surface area contributed by atoms with E-state index in [2.05, 4.69) is 62.1 Å². The van der Waals surface area contributed by atoms with Gasteiger partial charge in [0.1, 0.15) is 42.0 Å². The van der Waals surface area contributed by atoms with Crippen LogP contribution in [0.1, 0.15) is 145 Å². The minimum atomic E-state index is -1.71. The van der Waals surface area contributed by atoms with Crippen molar-refractivity contribution in [3.05, 3.63) is 162 Å². The van der Waals surface area contributed by atoms with Crippen LogP contribution in [0.3, 0.4) is 0 Å². The predicted molar refractivity (Wildman–Crippen MR) is 517 cm³/mol. The number of unbranched alkanes of at least 4 members (excludes halogenated alkanes) is 2. The quantitative estimate of drug-likeness (QED) is 0.0210. The van der Waals surface area contributed by atoms with Gasteiger partial charge in [-0.3, -0.25) is 86.9 Å². The van der Waals surface area contributed by atoms with Gasteiger partial charge in [-0.1, -0.05) is 124 Å². The molecule has 0 unspecified atom stereocenters. The summed E-state index contributed by atoms with van der Waals surface area (Å²) in [6.07, 6.45) is 6.36. The molecule has 740 valence electrons. The molecule has 0 bridgehead atoms. The summed E-state index contributed by atoms with van der Waals surface area (Å²) < 4.78 is 0. The van der Waals surface area contributed by atoms with E-state index in [0.717, 1.165) is 26.9 Å². The Kier molecular flexibility index (Phi) is 39.5. The number of amides is 13. The highest BCUT2D eigenvalue weighted by Gasteiger charge is 2.44. The number of guanidine groups is 1. The Morgan fingerprint density at radius 3 is 1.63 bits per heavy atom. The number of rotatable bonds is 26. The largest absolute Gasteiger partial charge is 0.396 e. The van der Waals surface area contributed by atoms with Gasteiger partial charge >= 0.3 is 0 Å². The van der Waals surface area contributed by atoms with Crippen LogP contribution in [0.25, 0.3) is 32.7 Å². The smallest absolute Gasteiger partial charge is 0.246 e. The summed E-state index contributed by atoms with van der Waals surface area (Å²) in [7, 11) is 5.43. The second-order valence-electron chi connectivity index (χ2n) is 35.8. The van der Waals surface area contributed by atoms with Crippen LogP contribution in [0, 0.1) is 29.1 Å². The van der Waals surface area contributed by atoms with Gasteiger partial charge in [0.05, 0.1) is 62.2 Å². The lowest BCUT2D eigenvalue weighted by Gasteiger charge is -2.36. The molecule has 4 aromatic carbocycles. The standard InChI is InChI=1S/C98H129N21O18S/c1-8-10-32-78-83(123)42-59(25-21-35-104-98(101)102)90(130)114-77(92(132)108-51-86(100)126)54-138-55-88(128)111-74(37-58-23-13-12-14-24-58)94(134)116(5)57(3)89(129)112-76(46-85(99)125)96(136)119-36-22-34-79(119)84(124)43-60(39-66-50-103-56-109-66)81(121)44-61(38-62-47-105-70-29-18-15-26-67(62)70)93(133)115(4)52-87(127)110-73(40-63-48-106-71-30-19-16-27-68(63)71)82(122)45-65(53-120)91(131)113-75(41-64-49-107-72-31-20-17-28-69(64)72)95(135)118(7)80(33-11-9-2)97(137)117(78)6/h12-20,23-24,26-31,47-50,56-57,59-61,65,73-80,105-107,120H,8-11,21-22,25,32-46,51-55H2,1-7H3,(H2,99,125)(H2,100,126)(H,103,109)(H,108,132)(H,110,127)(H,111,128)(H,112,129)(H,113,131)(H,114,130)(H4,101,102,104)/t57-,59+,60+,61+,65-,73-,74-,75-,76-,77-,78-,79-,80+/m0/s1. The summed E-state index contributed by atoms with van der Waals surface area (Å²) in [6.45, 7) is 2.72. The van der Waals surface area contributed by atoms with Crippen molar-refractivity contribution in [1.29, 1.82) is 5.41 Å². The molecule has 0 aliphatic carbocycles. The minimum Gasteiger partial charge on any atom is -0.396 e. The number of aliphatic hydroxyl groups is 1. The third-order valence-electron chi connectivity index (χ3n) is 25.7. The highest BCUT2D eigenvalue weighted by Crippen LogP contribution is 2.32. The van der Waals surface area contributed by atoms with Crippen molar-refractivity contribution in [2.24, 2.45) is 40.9 Å². The van der Waals surface area contributed by atoms with Crippen LogP contribution in [-0.4, -0.2) is 287 Å². The second kappa shape index (κ2) is 51.3. The molecule has 2 aliphatic heterocycles. The fourth-order valence-corrected chi connectivity index (χ4v) is 18.8. The third-order valence-corrected chi connectivity index (χ3v) is 26.8. The number of hydrogen-bond donors (Lipinski definition) is 16. The Morgan fingerprint density at radius 1 is 0.507 bits per heavy atom. The Labute approximate surface area is 803 Å². The van der Waals surface area contributed by atoms with Crippen molar-refractivity contribution in [3.8, 4) is 0 Å². The molecule has 0 saturated carbocycles. The highest BCUT2D eigenvalue weighted by atomic mass is 32.2. The van der Waals surface area contributed by atoms with Gasteiger partial charge in [-0.15, -0.1) is 11.8 Å². The van der Waals surface area contributed by atoms with E-state index in [-0.39, 0.29) is 89.5 Å². The topological polar surface area (TPSA) is 589 Å². The van der Waals surface area contributed by atoms with Crippen LogP contribution in [0.5, 0.6) is 0 Å². The van der Waals surface area contributed by atoms with Crippen molar-refractivity contribution in [2.75, 3.05) is 72.5 Å². The lowest BCUT2D eigenvalue weighted by Crippen LogP contribution is -2.58. The van der Waals surface area contributed by atoms with Crippen LogP contribution >= 0.6 is 11.8 Å². The fraction of sp³-hybridized carbons (Fsp3) is 0.480. The molecule has 0 spiro atoms. The number of fused-ring (bicyclic) bond motifs is 4. The third kappa shape index (κ3) is 29.3. The number of benzene rings is 4. The first kappa shape index (κ1) is 106. The zero-order chi connectivity index (χ0) is 100.0. The summed E-state index contributed by atoms with van der Waals surface area (Å²) in [6, 6.07) is 17.2. The minimum absolute atomic E-state index is 0.0380. The molecular weight excluding hydrogens is 1790 g/mol. The van der Waals surface area contributed by atoms with E-state index in [4.69, 9.17) is 22.6 Å². The van der Waals surface area contributed by atoms with Crippen molar-refractivity contribution in [2.45, 2.75) is 204 Å². The molecule has 19 N–H and O–H groups in total. The van der Waals surface area contributed by atoms with Crippen LogP contribution < -0.4 is 54.4 Å². The molecule has 2 aliphatic rings. The number of aromatic amines is 4. The molecule has 10 rings (SSSR count). The van der Waals surface area contributed by atoms with Crippen LogP contribution in [0.4, 0.5) is 0 Å². The van der Waals surface area contributed by atoms with Crippen molar-refractivity contribution in [3.63, 3.8) is 0 Å². The number of nitrogens with two attached hydrogens (primary N) is 3. The number of ketones is 4. The predicted octanol–water partition coefficient (Wildman–Crippen LogP) is 2.90. The number of hydrogen-bond acceptors (Lipinski definition) is 21. The van der Waals surface area contributed by atoms with Gasteiger partial charge in [0, 0.05) is 173 Å². The van der Waals surface area contributed by atoms with E-state index in [9.17, 15) is 38.7 Å². The Hall–Kier alpha value is -13.9. The summed E-state index contributed by atoms with van der Waals surface area (Å²) in [5, 5.41) is 40.0. The van der Waals surface area contributed by atoms with Gasteiger partial charge in [0.2, 0.25) is 76.8 Å². The van der Waals surface area contributed by atoms with E-state index >= 15 is 47.9 Å². The van der Waals surface area contributed by atoms with Gasteiger partial charge in [-0.05, 0) is 98.7 Å². The van der Waals surface area contributed by atoms with Crippen LogP contribution in [0.15, 0.2) is 134 Å². The zero-order valence-electron chi connectivity index (χ0n) is 79.0. The highest BCUT2D eigenvalue weighted by molar-refractivity contribution is 8.00. The number of thioether (sulfide) groups is 1. The Morgan fingerprint density at radius 2 is 1.04 bits per heavy atom. The number of aliphatic hydroxyl groups excluding tert-OH is 1. The first-order valence-corrected chi connectivity index (χ1v) is 47.9. The molecule has 2 fully saturated rings. The van der Waals surface area contributed by atoms with Crippen molar-refractivity contribution in [1.82, 2.24) is 86.6 Å². The fourth-order valence-electron chi connectivity index (χ4n) is 17.9. The number of nitrogens with one attached hydrogen (secondary N) is 12. The summed E-state index contributed by atoms with van der Waals surface area (Å²) >= 11 is 0.823. The maximum absolute atomic E-state index is 15.8. The Bertz CT molecular complexity index is 5660. The number of para-hydroxylation sites is 3. The van der Waals surface area contributed by atoms with E-state index in [1.165, 1.54) is 62.3 Å². The molecule has 8 aromatic rings. The number of likely N-dealkylation sites (N-methyl/N-ethyl adjacent to an activating group) is 4. The molecule has 2 saturated heterocycles. The van der Waals surface area contributed by atoms with E-state index in [1.807, 2.05) is 38.1 Å². The summed E-state index contributed by atoms with van der Waals surface area (Å²) in [5.74, 6) is -20.3. The zero-order valence-corrected chi connectivity index (χ0v) is 79.8. The maximum atomic E-state index is 15.8. The molecule has 0 radical (unpaired) electrons. The molecule has 39 nitrogen and oxygen atoms in total. The van der Waals surface area contributed by atoms with Crippen molar-refractivity contribution >= 4 is 150 Å². The summed E-state index contributed by atoms with van der Waals surface area (Å²) in [4.78, 5) is 274. The number of H-pyrrole nitrogens is 4. The number of imidazole rings is 1. The van der Waals surface area contributed by atoms with E-state index in [1.54, 1.807) is 97.5 Å². The average Bonchev–Trinajstić information content (AvgIpc) is 1.53. The number of carbonyl (C=O) groups excluding carboxylic acids is 17. The Balaban J connectivity index is 1.02. The van der Waals surface area contributed by atoms with Gasteiger partial charge in [-0.25, -0.2) is 4.98 Å².